The predicted octanol–water partition coefficient (Wildman–Crippen LogP) is 3.33. The predicted molar refractivity (Wildman–Crippen MR) is 106 cm³/mol. The lowest BCUT2D eigenvalue weighted by atomic mass is 10.0. The van der Waals surface area contributed by atoms with Crippen LogP contribution in [0, 0.1) is 5.92 Å². The molecule has 0 aliphatic rings. The van der Waals surface area contributed by atoms with Crippen molar-refractivity contribution in [1.29, 1.82) is 0 Å². The molecule has 0 fully saturated rings. The van der Waals surface area contributed by atoms with E-state index in [4.69, 9.17) is 9.29 Å². The van der Waals surface area contributed by atoms with Crippen LogP contribution in [0.25, 0.3) is 0 Å². The third-order valence-electron chi connectivity index (χ3n) is 4.06. The summed E-state index contributed by atoms with van der Waals surface area (Å²) in [5.41, 5.74) is 3.11. The standard InChI is InChI=1S/C20H25NO5S/c1-15(20(22)23)14-17-5-9-18(10-6-17)21-13-3-4-16-7-11-19(12-8-16)26-27(2,24)25/h5-12,15,21H,3-4,13-14H2,1-2H3,(H,22,23)/t15-/m0/s1. The number of anilines is 1. The normalized spacial score (nSPS) is 12.4. The number of carboxylic acids is 1. The maximum Gasteiger partial charge on any atom is 0.306 e. The summed E-state index contributed by atoms with van der Waals surface area (Å²) in [6.45, 7) is 2.50. The van der Waals surface area contributed by atoms with Crippen LogP contribution >= 0.6 is 0 Å². The lowest BCUT2D eigenvalue weighted by Crippen LogP contribution is -2.12. The summed E-state index contributed by atoms with van der Waals surface area (Å²) in [5, 5.41) is 12.3. The summed E-state index contributed by atoms with van der Waals surface area (Å²) in [7, 11) is -3.49. The van der Waals surface area contributed by atoms with Crippen LogP contribution in [0.15, 0.2) is 48.5 Å². The number of carboxylic acid groups (broad SMARTS) is 1. The van der Waals surface area contributed by atoms with Gasteiger partial charge in [-0.25, -0.2) is 0 Å². The zero-order chi connectivity index (χ0) is 19.9. The van der Waals surface area contributed by atoms with Crippen molar-refractivity contribution >= 4 is 21.8 Å². The lowest BCUT2D eigenvalue weighted by molar-refractivity contribution is -0.141. The molecule has 2 rings (SSSR count). The molecule has 2 N–H and O–H groups in total. The van der Waals surface area contributed by atoms with Crippen molar-refractivity contribution in [1.82, 2.24) is 0 Å². The van der Waals surface area contributed by atoms with Crippen LogP contribution in [0.3, 0.4) is 0 Å². The summed E-state index contributed by atoms with van der Waals surface area (Å²) in [6, 6.07) is 14.8. The Hall–Kier alpha value is -2.54. The minimum atomic E-state index is -3.49. The third kappa shape index (κ3) is 7.70. The second kappa shape index (κ2) is 9.41. The minimum absolute atomic E-state index is 0.316. The Morgan fingerprint density at radius 2 is 1.67 bits per heavy atom. The summed E-state index contributed by atoms with van der Waals surface area (Å²) in [5.74, 6) is -0.858. The van der Waals surface area contributed by atoms with Gasteiger partial charge < -0.3 is 14.6 Å². The second-order valence-corrected chi connectivity index (χ2v) is 8.18. The van der Waals surface area contributed by atoms with Gasteiger partial charge in [-0.2, -0.15) is 8.42 Å². The van der Waals surface area contributed by atoms with E-state index in [-0.39, 0.29) is 0 Å². The molecule has 0 saturated carbocycles. The van der Waals surface area contributed by atoms with Gasteiger partial charge >= 0.3 is 16.1 Å². The number of carbonyl (C=O) groups is 1. The highest BCUT2D eigenvalue weighted by Crippen LogP contribution is 2.16. The SMILES string of the molecule is C[C@@H](Cc1ccc(NCCCc2ccc(OS(C)(=O)=O)cc2)cc1)C(=O)O. The van der Waals surface area contributed by atoms with Crippen LogP contribution in [0.5, 0.6) is 5.75 Å². The Labute approximate surface area is 160 Å². The molecule has 0 spiro atoms. The van der Waals surface area contributed by atoms with Crippen LogP contribution in [0.4, 0.5) is 5.69 Å². The van der Waals surface area contributed by atoms with E-state index in [1.54, 1.807) is 19.1 Å². The molecule has 0 aliphatic heterocycles. The fourth-order valence-corrected chi connectivity index (χ4v) is 3.07. The lowest BCUT2D eigenvalue weighted by Gasteiger charge is -2.09. The number of nitrogens with one attached hydrogen (secondary N) is 1. The van der Waals surface area contributed by atoms with Gasteiger partial charge in [0.25, 0.3) is 0 Å². The molecule has 0 amide bonds. The first-order valence-corrected chi connectivity index (χ1v) is 10.6. The Morgan fingerprint density at radius 1 is 1.07 bits per heavy atom. The van der Waals surface area contributed by atoms with Crippen molar-refractivity contribution in [2.75, 3.05) is 18.1 Å². The van der Waals surface area contributed by atoms with Crippen molar-refractivity contribution in [3.05, 3.63) is 59.7 Å². The highest BCUT2D eigenvalue weighted by Gasteiger charge is 2.11. The van der Waals surface area contributed by atoms with Crippen molar-refractivity contribution in [3.63, 3.8) is 0 Å². The Kier molecular flexibility index (Phi) is 7.24. The van der Waals surface area contributed by atoms with E-state index in [2.05, 4.69) is 5.32 Å². The van der Waals surface area contributed by atoms with E-state index < -0.39 is 22.0 Å². The molecule has 0 saturated heterocycles. The topological polar surface area (TPSA) is 92.7 Å². The van der Waals surface area contributed by atoms with Gasteiger partial charge in [-0.3, -0.25) is 4.79 Å². The minimum Gasteiger partial charge on any atom is -0.481 e. The van der Waals surface area contributed by atoms with Gasteiger partial charge in [0.15, 0.2) is 0 Å². The van der Waals surface area contributed by atoms with Crippen LogP contribution < -0.4 is 9.50 Å². The average Bonchev–Trinajstić information content (AvgIpc) is 2.60. The first-order valence-electron chi connectivity index (χ1n) is 8.77. The number of aryl methyl sites for hydroxylation is 1. The van der Waals surface area contributed by atoms with Crippen LogP contribution in [-0.4, -0.2) is 32.3 Å². The molecular weight excluding hydrogens is 366 g/mol. The number of rotatable bonds is 10. The van der Waals surface area contributed by atoms with Gasteiger partial charge in [-0.05, 0) is 54.7 Å². The molecule has 7 heteroatoms. The molecule has 2 aromatic rings. The summed E-state index contributed by atoms with van der Waals surface area (Å²) >= 11 is 0. The quantitative estimate of drug-likeness (QED) is 0.477. The average molecular weight is 391 g/mol. The van der Waals surface area contributed by atoms with E-state index in [0.717, 1.165) is 42.5 Å². The maximum atomic E-state index is 11.1. The molecular formula is C20H25NO5S. The zero-order valence-corrected chi connectivity index (χ0v) is 16.3. The van der Waals surface area contributed by atoms with Crippen molar-refractivity contribution < 1.29 is 22.5 Å². The van der Waals surface area contributed by atoms with E-state index >= 15 is 0 Å². The smallest absolute Gasteiger partial charge is 0.306 e. The molecule has 0 unspecified atom stereocenters. The van der Waals surface area contributed by atoms with Gasteiger partial charge in [0.05, 0.1) is 12.2 Å². The Bertz CT molecular complexity index is 845. The fourth-order valence-electron chi connectivity index (χ4n) is 2.61. The molecule has 0 aromatic heterocycles. The Morgan fingerprint density at radius 3 is 2.22 bits per heavy atom. The molecule has 0 bridgehead atoms. The first kappa shape index (κ1) is 20.8. The van der Waals surface area contributed by atoms with Crippen molar-refractivity contribution in [2.45, 2.75) is 26.2 Å². The zero-order valence-electron chi connectivity index (χ0n) is 15.5. The molecule has 6 nitrogen and oxygen atoms in total. The molecule has 1 atom stereocenters. The molecule has 2 aromatic carbocycles. The van der Waals surface area contributed by atoms with Gasteiger partial charge in [0, 0.05) is 12.2 Å². The van der Waals surface area contributed by atoms with E-state index in [9.17, 15) is 13.2 Å². The van der Waals surface area contributed by atoms with Crippen molar-refractivity contribution in [2.24, 2.45) is 5.92 Å². The fraction of sp³-hybridized carbons (Fsp3) is 0.350. The molecule has 27 heavy (non-hydrogen) atoms. The summed E-state index contributed by atoms with van der Waals surface area (Å²) in [4.78, 5) is 10.9. The number of hydrogen-bond acceptors (Lipinski definition) is 5. The second-order valence-electron chi connectivity index (χ2n) is 6.60. The van der Waals surface area contributed by atoms with E-state index in [1.165, 1.54) is 0 Å². The van der Waals surface area contributed by atoms with Gasteiger partial charge in [-0.15, -0.1) is 0 Å². The largest absolute Gasteiger partial charge is 0.481 e. The molecule has 146 valence electrons. The monoisotopic (exact) mass is 391 g/mol. The highest BCUT2D eigenvalue weighted by molar-refractivity contribution is 7.86. The number of hydrogen-bond donors (Lipinski definition) is 2. The maximum absolute atomic E-state index is 11.1. The van der Waals surface area contributed by atoms with Gasteiger partial charge in [0.2, 0.25) is 0 Å². The summed E-state index contributed by atoms with van der Waals surface area (Å²) < 4.78 is 27.0. The Balaban J connectivity index is 1.74. The molecule has 0 radical (unpaired) electrons. The van der Waals surface area contributed by atoms with E-state index in [1.807, 2.05) is 36.4 Å². The summed E-state index contributed by atoms with van der Waals surface area (Å²) in [6.07, 6.45) is 3.32. The van der Waals surface area contributed by atoms with Crippen LogP contribution in [0.1, 0.15) is 24.5 Å². The van der Waals surface area contributed by atoms with Gasteiger partial charge in [0.1, 0.15) is 5.75 Å². The van der Waals surface area contributed by atoms with Crippen LogP contribution in [0.2, 0.25) is 0 Å². The van der Waals surface area contributed by atoms with Crippen LogP contribution in [-0.2, 0) is 27.8 Å². The third-order valence-corrected chi connectivity index (χ3v) is 4.55. The highest BCUT2D eigenvalue weighted by atomic mass is 32.2. The van der Waals surface area contributed by atoms with E-state index in [0.29, 0.717) is 12.2 Å². The first-order chi connectivity index (χ1) is 12.7. The molecule has 0 aliphatic carbocycles. The van der Waals surface area contributed by atoms with Gasteiger partial charge in [-0.1, -0.05) is 31.2 Å². The molecule has 0 heterocycles. The number of aliphatic carboxylic acids is 1. The number of benzene rings is 2. The van der Waals surface area contributed by atoms with Crippen molar-refractivity contribution in [3.8, 4) is 5.75 Å².